The lowest BCUT2D eigenvalue weighted by molar-refractivity contribution is 1.27. The van der Waals surface area contributed by atoms with Crippen LogP contribution in [0.3, 0.4) is 0 Å². The number of rotatable bonds is 0. The Morgan fingerprint density at radius 3 is 1.93 bits per heavy atom. The lowest BCUT2D eigenvalue weighted by atomic mass is 10.1. The molecule has 1 N–H and O–H groups in total. The summed E-state index contributed by atoms with van der Waals surface area (Å²) < 4.78 is 0. The molecule has 2 aliphatic carbocycles. The lowest BCUT2D eigenvalue weighted by Gasteiger charge is -1.97. The van der Waals surface area contributed by atoms with Crippen LogP contribution in [0.4, 0.5) is 0 Å². The molecule has 3 aliphatic heterocycles. The largest absolute Gasteiger partial charge is 0.355 e. The van der Waals surface area contributed by atoms with E-state index in [0.29, 0.717) is 0 Å². The molecule has 5 aliphatic rings. The van der Waals surface area contributed by atoms with Crippen molar-refractivity contribution in [2.75, 3.05) is 0 Å². The highest BCUT2D eigenvalue weighted by Crippen LogP contribution is 2.34. The van der Waals surface area contributed by atoms with Gasteiger partial charge in [-0.25, -0.2) is 9.98 Å². The maximum Gasteiger partial charge on any atom is 0.0659 e. The molecule has 0 saturated heterocycles. The molecule has 0 unspecified atom stereocenters. The molecule has 6 rings (SSSR count). The summed E-state index contributed by atoms with van der Waals surface area (Å²) in [6, 6.07) is 17.0. The lowest BCUT2D eigenvalue weighted by Crippen LogP contribution is -2.10. The highest BCUT2D eigenvalue weighted by molar-refractivity contribution is 6.19. The van der Waals surface area contributed by atoms with E-state index >= 15 is 0 Å². The van der Waals surface area contributed by atoms with Gasteiger partial charge in [0.1, 0.15) is 0 Å². The van der Waals surface area contributed by atoms with Crippen LogP contribution in [0, 0.1) is 0 Å². The van der Waals surface area contributed by atoms with Gasteiger partial charge in [-0.2, -0.15) is 0 Å². The van der Waals surface area contributed by atoms with Crippen molar-refractivity contribution in [2.45, 2.75) is 0 Å². The minimum Gasteiger partial charge on any atom is -0.355 e. The van der Waals surface area contributed by atoms with Gasteiger partial charge in [0.2, 0.25) is 0 Å². The Morgan fingerprint density at radius 1 is 0.552 bits per heavy atom. The minimum absolute atomic E-state index is 0.916. The van der Waals surface area contributed by atoms with Gasteiger partial charge in [-0.15, -0.1) is 0 Å². The van der Waals surface area contributed by atoms with E-state index in [-0.39, 0.29) is 0 Å². The van der Waals surface area contributed by atoms with E-state index in [0.717, 1.165) is 33.5 Å². The van der Waals surface area contributed by atoms with Gasteiger partial charge in [-0.1, -0.05) is 30.3 Å². The predicted molar refractivity (Wildman–Crippen MR) is 120 cm³/mol. The number of H-pyrrole nitrogens is 1. The summed E-state index contributed by atoms with van der Waals surface area (Å²) in [5, 5.41) is 2.11. The number of hydrogen-bond acceptors (Lipinski definition) is 2. The zero-order valence-electron chi connectivity index (χ0n) is 15.6. The van der Waals surface area contributed by atoms with Crippen molar-refractivity contribution in [3.63, 3.8) is 0 Å². The molecule has 136 valence electrons. The molecule has 0 atom stereocenters. The summed E-state index contributed by atoms with van der Waals surface area (Å²) in [5.74, 6) is 0. The SMILES string of the molecule is C1=CC2=NC1=Cc1cc(c3cccccc1-3)C=c1ccc([nH]1)=CC1=NC(=C2)C=C1. The standard InChI is InChI=1S/C26H17N3/c1-2-4-25-17-12-18(26(25)5-3-1)14-20-7-9-22(28-20)16-24-11-10-23(29-24)15-21-8-6-19(13-17)27-21/h1-16,27H. The number of aliphatic imine (C=N–C) groups is 2. The van der Waals surface area contributed by atoms with E-state index < -0.39 is 0 Å². The third-order valence-corrected chi connectivity index (χ3v) is 5.28. The van der Waals surface area contributed by atoms with Gasteiger partial charge in [0, 0.05) is 10.7 Å². The molecule has 1 aromatic rings. The van der Waals surface area contributed by atoms with Crippen molar-refractivity contribution in [1.82, 2.24) is 4.98 Å². The van der Waals surface area contributed by atoms with E-state index in [1.807, 2.05) is 24.3 Å². The molecule has 1 aromatic heterocycles. The normalized spacial score (nSPS) is 16.7. The second-order valence-corrected chi connectivity index (χ2v) is 7.33. The van der Waals surface area contributed by atoms with Gasteiger partial charge in [0.25, 0.3) is 0 Å². The Bertz CT molecular complexity index is 1430. The second kappa shape index (κ2) is 6.28. The van der Waals surface area contributed by atoms with Crippen molar-refractivity contribution in [2.24, 2.45) is 9.98 Å². The van der Waals surface area contributed by atoms with Crippen LogP contribution in [0.1, 0.15) is 11.1 Å². The molecule has 0 aromatic carbocycles. The third kappa shape index (κ3) is 2.93. The number of aromatic amines is 1. The van der Waals surface area contributed by atoms with E-state index in [1.54, 1.807) is 0 Å². The maximum atomic E-state index is 4.76. The predicted octanol–water partition coefficient (Wildman–Crippen LogP) is 3.99. The Hall–Kier alpha value is -3.98. The van der Waals surface area contributed by atoms with Gasteiger partial charge < -0.3 is 4.98 Å². The Kier molecular flexibility index (Phi) is 3.47. The van der Waals surface area contributed by atoms with Crippen LogP contribution < -0.4 is 10.7 Å². The molecular formula is C26H17N3. The third-order valence-electron chi connectivity index (χ3n) is 5.28. The van der Waals surface area contributed by atoms with Crippen molar-refractivity contribution < 1.29 is 0 Å². The number of hydrogen-bond donors (Lipinski definition) is 1. The summed E-state index contributed by atoms with van der Waals surface area (Å²) in [5.41, 5.74) is 8.53. The summed E-state index contributed by atoms with van der Waals surface area (Å²) in [6.07, 6.45) is 16.6. The average Bonchev–Trinajstić information content (AvgIpc) is 3.46. The first-order valence-corrected chi connectivity index (χ1v) is 9.67. The summed E-state index contributed by atoms with van der Waals surface area (Å²) in [4.78, 5) is 12.9. The Labute approximate surface area is 168 Å². The van der Waals surface area contributed by atoms with Gasteiger partial charge in [-0.05, 0) is 89.1 Å². The zero-order valence-corrected chi connectivity index (χ0v) is 15.6. The summed E-state index contributed by atoms with van der Waals surface area (Å²) in [6.45, 7) is 0. The molecule has 3 nitrogen and oxygen atoms in total. The number of nitrogens with one attached hydrogen (secondary N) is 1. The maximum absolute atomic E-state index is 4.76. The molecule has 4 heterocycles. The highest BCUT2D eigenvalue weighted by Gasteiger charge is 2.14. The Balaban J connectivity index is 1.64. The molecule has 0 radical (unpaired) electrons. The molecule has 29 heavy (non-hydrogen) atoms. The van der Waals surface area contributed by atoms with Crippen molar-refractivity contribution >= 4 is 29.7 Å². The highest BCUT2D eigenvalue weighted by atomic mass is 14.8. The van der Waals surface area contributed by atoms with E-state index in [4.69, 9.17) is 4.99 Å². The molecule has 0 saturated carbocycles. The van der Waals surface area contributed by atoms with E-state index in [2.05, 4.69) is 82.8 Å². The average molecular weight is 371 g/mol. The van der Waals surface area contributed by atoms with Gasteiger partial charge in [-0.3, -0.25) is 0 Å². The van der Waals surface area contributed by atoms with Crippen molar-refractivity contribution in [3.05, 3.63) is 112 Å². The smallest absolute Gasteiger partial charge is 0.0659 e. The first-order valence-electron chi connectivity index (χ1n) is 9.67. The summed E-state index contributed by atoms with van der Waals surface area (Å²) >= 11 is 0. The molecule has 0 amide bonds. The van der Waals surface area contributed by atoms with Crippen LogP contribution in [0.15, 0.2) is 100 Å². The van der Waals surface area contributed by atoms with Crippen LogP contribution in [-0.4, -0.2) is 16.4 Å². The van der Waals surface area contributed by atoms with Crippen LogP contribution in [0.2, 0.25) is 0 Å². The molecule has 8 bridgehead atoms. The van der Waals surface area contributed by atoms with Crippen molar-refractivity contribution in [1.29, 1.82) is 0 Å². The van der Waals surface area contributed by atoms with Crippen molar-refractivity contribution in [3.8, 4) is 11.1 Å². The van der Waals surface area contributed by atoms with Crippen LogP contribution >= 0.6 is 0 Å². The zero-order chi connectivity index (χ0) is 19.2. The first-order chi connectivity index (χ1) is 14.3. The fourth-order valence-electron chi connectivity index (χ4n) is 3.96. The van der Waals surface area contributed by atoms with E-state index in [1.165, 1.54) is 22.3 Å². The first kappa shape index (κ1) is 16.0. The van der Waals surface area contributed by atoms with E-state index in [9.17, 15) is 0 Å². The fourth-order valence-corrected chi connectivity index (χ4v) is 3.96. The molecular weight excluding hydrogens is 354 g/mol. The van der Waals surface area contributed by atoms with Gasteiger partial charge in [0.05, 0.1) is 22.8 Å². The van der Waals surface area contributed by atoms with Crippen LogP contribution in [-0.2, 0) is 0 Å². The quantitative estimate of drug-likeness (QED) is 0.621. The number of nitrogens with zero attached hydrogens (tertiary/aromatic N) is 2. The minimum atomic E-state index is 0.916. The van der Waals surface area contributed by atoms with Gasteiger partial charge >= 0.3 is 0 Å². The molecule has 0 fully saturated rings. The van der Waals surface area contributed by atoms with Gasteiger partial charge in [0.15, 0.2) is 0 Å². The molecule has 3 heteroatoms. The number of aromatic nitrogens is 1. The van der Waals surface area contributed by atoms with Crippen LogP contribution in [0.5, 0.6) is 0 Å². The number of allylic oxidation sites excluding steroid dienone is 5. The van der Waals surface area contributed by atoms with Crippen LogP contribution in [0.25, 0.3) is 29.4 Å². The topological polar surface area (TPSA) is 40.5 Å². The molecule has 0 spiro atoms. The number of fused-ring (bicyclic) bond motifs is 9. The Morgan fingerprint density at radius 2 is 1.17 bits per heavy atom. The summed E-state index contributed by atoms with van der Waals surface area (Å²) in [7, 11) is 0. The second-order valence-electron chi connectivity index (χ2n) is 7.33. The monoisotopic (exact) mass is 371 g/mol. The fraction of sp³-hybridized carbons (Fsp3) is 0.